The average molecular weight is 319 g/mol. The van der Waals surface area contributed by atoms with E-state index in [1.54, 1.807) is 18.4 Å². The van der Waals surface area contributed by atoms with Gasteiger partial charge in [0.25, 0.3) is 0 Å². The zero-order valence-corrected chi connectivity index (χ0v) is 13.2. The van der Waals surface area contributed by atoms with Crippen molar-refractivity contribution >= 4 is 33.0 Å². The highest BCUT2D eigenvalue weighted by Crippen LogP contribution is 2.34. The lowest BCUT2D eigenvalue weighted by molar-refractivity contribution is 0.283. The summed E-state index contributed by atoms with van der Waals surface area (Å²) in [5.41, 5.74) is 2.12. The normalized spacial score (nSPS) is 10.8. The van der Waals surface area contributed by atoms with Gasteiger partial charge >= 0.3 is 0 Å². The Morgan fingerprint density at radius 2 is 1.90 bits per heavy atom. The van der Waals surface area contributed by atoms with E-state index in [1.807, 2.05) is 24.3 Å². The molecule has 0 unspecified atom stereocenters. The third-order valence-corrected chi connectivity index (χ3v) is 4.66. The Kier molecular flexibility index (Phi) is 4.32. The molecule has 2 nitrogen and oxygen atoms in total. The lowest BCUT2D eigenvalue weighted by Crippen LogP contribution is -1.99. The average Bonchev–Trinajstić information content (AvgIpc) is 2.95. The maximum atomic E-state index is 6.00. The summed E-state index contributed by atoms with van der Waals surface area (Å²) in [5.74, 6) is 1.84. The van der Waals surface area contributed by atoms with E-state index in [0.29, 0.717) is 18.2 Å². The number of ether oxygens (including phenoxy) is 2. The van der Waals surface area contributed by atoms with Crippen molar-refractivity contribution < 1.29 is 9.47 Å². The summed E-state index contributed by atoms with van der Waals surface area (Å²) >= 11 is 7.71. The van der Waals surface area contributed by atoms with E-state index in [4.69, 9.17) is 21.1 Å². The fourth-order valence-corrected chi connectivity index (χ4v) is 3.44. The van der Waals surface area contributed by atoms with Crippen LogP contribution >= 0.6 is 22.9 Å². The molecular weight excluding hydrogens is 304 g/mol. The molecule has 0 aliphatic heterocycles. The Hall–Kier alpha value is -1.71. The summed E-state index contributed by atoms with van der Waals surface area (Å²) in [6.45, 7) is 0.508. The molecule has 1 heterocycles. The monoisotopic (exact) mass is 318 g/mol. The van der Waals surface area contributed by atoms with E-state index in [-0.39, 0.29) is 0 Å². The van der Waals surface area contributed by atoms with E-state index in [9.17, 15) is 0 Å². The summed E-state index contributed by atoms with van der Waals surface area (Å²) in [6, 6.07) is 14.1. The molecule has 2 aromatic carbocycles. The highest BCUT2D eigenvalue weighted by molar-refractivity contribution is 7.17. The van der Waals surface area contributed by atoms with Crippen molar-refractivity contribution in [2.45, 2.75) is 12.5 Å². The number of hydrogen-bond donors (Lipinski definition) is 0. The molecule has 21 heavy (non-hydrogen) atoms. The molecule has 0 N–H and O–H groups in total. The first-order valence-electron chi connectivity index (χ1n) is 6.63. The zero-order valence-electron chi connectivity index (χ0n) is 11.6. The molecule has 1 aromatic heterocycles. The van der Waals surface area contributed by atoms with Crippen LogP contribution in [0, 0.1) is 0 Å². The number of alkyl halides is 1. The second kappa shape index (κ2) is 6.37. The molecule has 108 valence electrons. The number of methoxy groups -OCH3 is 1. The minimum Gasteiger partial charge on any atom is -0.493 e. The van der Waals surface area contributed by atoms with Gasteiger partial charge in [0.15, 0.2) is 11.5 Å². The Balaban J connectivity index is 1.88. The predicted octanol–water partition coefficient (Wildman–Crippen LogP) is 5.23. The number of thiophene rings is 1. The first kappa shape index (κ1) is 14.2. The van der Waals surface area contributed by atoms with Gasteiger partial charge in [-0.25, -0.2) is 0 Å². The molecule has 0 saturated carbocycles. The number of benzene rings is 2. The van der Waals surface area contributed by atoms with Crippen LogP contribution in [0.3, 0.4) is 0 Å². The third-order valence-electron chi connectivity index (χ3n) is 3.36. The van der Waals surface area contributed by atoms with Crippen molar-refractivity contribution in [3.63, 3.8) is 0 Å². The fourth-order valence-electron chi connectivity index (χ4n) is 2.29. The SMILES string of the molecule is COc1cccc(CCl)c1OCc1csc2ccccc12. The van der Waals surface area contributed by atoms with Crippen LogP contribution in [0.25, 0.3) is 10.1 Å². The molecule has 0 fully saturated rings. The van der Waals surface area contributed by atoms with Gasteiger partial charge in [-0.2, -0.15) is 0 Å². The molecule has 3 rings (SSSR count). The van der Waals surface area contributed by atoms with Crippen molar-refractivity contribution in [3.05, 3.63) is 59.0 Å². The molecule has 0 radical (unpaired) electrons. The molecule has 0 bridgehead atoms. The number of para-hydroxylation sites is 1. The smallest absolute Gasteiger partial charge is 0.166 e. The second-order valence-corrected chi connectivity index (χ2v) is 5.81. The minimum atomic E-state index is 0.400. The van der Waals surface area contributed by atoms with Gasteiger partial charge in [0, 0.05) is 15.8 Å². The zero-order chi connectivity index (χ0) is 14.7. The van der Waals surface area contributed by atoms with Gasteiger partial charge in [0.2, 0.25) is 0 Å². The topological polar surface area (TPSA) is 18.5 Å². The summed E-state index contributed by atoms with van der Waals surface area (Å²) in [7, 11) is 1.64. The Morgan fingerprint density at radius 1 is 1.05 bits per heavy atom. The molecule has 0 amide bonds. The highest BCUT2D eigenvalue weighted by Gasteiger charge is 2.11. The van der Waals surface area contributed by atoms with E-state index in [2.05, 4.69) is 23.6 Å². The molecule has 0 aliphatic rings. The van der Waals surface area contributed by atoms with E-state index < -0.39 is 0 Å². The van der Waals surface area contributed by atoms with Crippen molar-refractivity contribution in [1.29, 1.82) is 0 Å². The van der Waals surface area contributed by atoms with Crippen LogP contribution in [0.5, 0.6) is 11.5 Å². The quantitative estimate of drug-likeness (QED) is 0.600. The number of rotatable bonds is 5. The number of halogens is 1. The first-order valence-corrected chi connectivity index (χ1v) is 8.04. The van der Waals surface area contributed by atoms with Crippen molar-refractivity contribution in [2.75, 3.05) is 7.11 Å². The van der Waals surface area contributed by atoms with Crippen molar-refractivity contribution in [1.82, 2.24) is 0 Å². The molecular formula is C17H15ClO2S. The van der Waals surface area contributed by atoms with Gasteiger partial charge in [-0.15, -0.1) is 22.9 Å². The Labute approximate surface area is 132 Å². The van der Waals surface area contributed by atoms with Gasteiger partial charge in [-0.1, -0.05) is 30.3 Å². The lowest BCUT2D eigenvalue weighted by Gasteiger charge is -2.13. The van der Waals surface area contributed by atoms with Gasteiger partial charge < -0.3 is 9.47 Å². The van der Waals surface area contributed by atoms with Gasteiger partial charge in [0.05, 0.1) is 13.0 Å². The van der Waals surface area contributed by atoms with Crippen molar-refractivity contribution in [2.24, 2.45) is 0 Å². The van der Waals surface area contributed by atoms with Crippen LogP contribution in [0.1, 0.15) is 11.1 Å². The maximum Gasteiger partial charge on any atom is 0.166 e. The van der Waals surface area contributed by atoms with Crippen LogP contribution in [0.15, 0.2) is 47.8 Å². The fraction of sp³-hybridized carbons (Fsp3) is 0.176. The summed E-state index contributed by atoms with van der Waals surface area (Å²) in [6.07, 6.45) is 0. The largest absolute Gasteiger partial charge is 0.493 e. The van der Waals surface area contributed by atoms with Crippen LogP contribution in [0.2, 0.25) is 0 Å². The molecule has 0 saturated heterocycles. The van der Waals surface area contributed by atoms with E-state index in [0.717, 1.165) is 11.3 Å². The van der Waals surface area contributed by atoms with Gasteiger partial charge in [0.1, 0.15) is 6.61 Å². The molecule has 3 aromatic rings. The number of fused-ring (bicyclic) bond motifs is 1. The molecule has 0 aliphatic carbocycles. The summed E-state index contributed by atoms with van der Waals surface area (Å²) in [4.78, 5) is 0. The lowest BCUT2D eigenvalue weighted by atomic mass is 10.2. The Morgan fingerprint density at radius 3 is 2.71 bits per heavy atom. The minimum absolute atomic E-state index is 0.400. The van der Waals surface area contributed by atoms with Crippen LogP contribution in [-0.2, 0) is 12.5 Å². The standard InChI is InChI=1S/C17H15ClO2S/c1-19-15-7-4-5-12(9-18)17(15)20-10-13-11-21-16-8-3-2-6-14(13)16/h2-8,11H,9-10H2,1H3. The first-order chi connectivity index (χ1) is 10.3. The maximum absolute atomic E-state index is 6.00. The van der Waals surface area contributed by atoms with Gasteiger partial charge in [-0.3, -0.25) is 0 Å². The van der Waals surface area contributed by atoms with E-state index >= 15 is 0 Å². The Bertz CT molecular complexity index is 729. The van der Waals surface area contributed by atoms with Crippen LogP contribution < -0.4 is 9.47 Å². The van der Waals surface area contributed by atoms with E-state index in [1.165, 1.54) is 15.6 Å². The predicted molar refractivity (Wildman–Crippen MR) is 88.7 cm³/mol. The second-order valence-electron chi connectivity index (χ2n) is 4.63. The van der Waals surface area contributed by atoms with Crippen molar-refractivity contribution in [3.8, 4) is 11.5 Å². The molecule has 0 spiro atoms. The summed E-state index contributed by atoms with van der Waals surface area (Å²) < 4.78 is 12.6. The highest BCUT2D eigenvalue weighted by atomic mass is 35.5. The van der Waals surface area contributed by atoms with Gasteiger partial charge in [-0.05, 0) is 22.9 Å². The number of hydrogen-bond acceptors (Lipinski definition) is 3. The molecule has 4 heteroatoms. The van der Waals surface area contributed by atoms with Crippen LogP contribution in [0.4, 0.5) is 0 Å². The third kappa shape index (κ3) is 2.85. The molecule has 0 atom stereocenters. The summed E-state index contributed by atoms with van der Waals surface area (Å²) in [5, 5.41) is 3.38. The van der Waals surface area contributed by atoms with Crippen LogP contribution in [-0.4, -0.2) is 7.11 Å².